The van der Waals surface area contributed by atoms with Crippen LogP contribution in [0.2, 0.25) is 0 Å². The summed E-state index contributed by atoms with van der Waals surface area (Å²) in [6.45, 7) is 9.09. The average Bonchev–Trinajstić information content (AvgIpc) is 3.21. The lowest BCUT2D eigenvalue weighted by atomic mass is 9.94. The second-order valence-corrected chi connectivity index (χ2v) is 8.60. The molecule has 2 amide bonds. The van der Waals surface area contributed by atoms with E-state index in [0.29, 0.717) is 17.1 Å². The number of piperazine rings is 1. The summed E-state index contributed by atoms with van der Waals surface area (Å²) in [6.07, 6.45) is 0. The van der Waals surface area contributed by atoms with Crippen molar-refractivity contribution in [3.05, 3.63) is 48.0 Å². The van der Waals surface area contributed by atoms with Crippen LogP contribution < -0.4 is 19.7 Å². The van der Waals surface area contributed by atoms with E-state index >= 15 is 0 Å². The Morgan fingerprint density at radius 2 is 1.57 bits per heavy atom. The molecule has 30 heavy (non-hydrogen) atoms. The van der Waals surface area contributed by atoms with E-state index in [4.69, 9.17) is 9.47 Å². The summed E-state index contributed by atoms with van der Waals surface area (Å²) in [6, 6.07) is 12.9. The van der Waals surface area contributed by atoms with Gasteiger partial charge in [0, 0.05) is 48.5 Å². The zero-order chi connectivity index (χ0) is 21.3. The van der Waals surface area contributed by atoms with Crippen LogP contribution in [0.4, 0.5) is 11.4 Å². The van der Waals surface area contributed by atoms with E-state index in [2.05, 4.69) is 10.2 Å². The van der Waals surface area contributed by atoms with Crippen LogP contribution in [0.25, 0.3) is 0 Å². The number of carbonyl (C=O) groups excluding carboxylic acids is 2. The molecular weight excluding hydrogens is 382 g/mol. The van der Waals surface area contributed by atoms with Crippen LogP contribution in [-0.4, -0.2) is 49.7 Å². The molecule has 2 aliphatic rings. The van der Waals surface area contributed by atoms with Crippen LogP contribution in [0.15, 0.2) is 42.5 Å². The van der Waals surface area contributed by atoms with E-state index < -0.39 is 0 Å². The number of nitrogens with zero attached hydrogens (tertiary/aromatic N) is 2. The highest BCUT2D eigenvalue weighted by Gasteiger charge is 2.29. The molecule has 0 unspecified atom stereocenters. The molecule has 158 valence electrons. The predicted molar refractivity (Wildman–Crippen MR) is 115 cm³/mol. The van der Waals surface area contributed by atoms with E-state index in [-0.39, 0.29) is 24.0 Å². The number of benzene rings is 2. The standard InChI is InChI=1S/C23H27N3O4/c1-23(2,3)22(28)26-12-10-25(11-13-26)18-7-5-17(6-8-18)24-21(27)16-4-9-19-20(14-16)30-15-29-19/h4-9,14H,10-13,15H2,1-3H3,(H,24,27). The third-order valence-electron chi connectivity index (χ3n) is 5.33. The van der Waals surface area contributed by atoms with Gasteiger partial charge in [-0.1, -0.05) is 20.8 Å². The number of fused-ring (bicyclic) bond motifs is 1. The Kier molecular flexibility index (Phi) is 5.28. The van der Waals surface area contributed by atoms with Crippen LogP contribution in [0, 0.1) is 5.41 Å². The predicted octanol–water partition coefficient (Wildman–Crippen LogP) is 3.36. The molecule has 2 aromatic rings. The molecule has 1 fully saturated rings. The van der Waals surface area contributed by atoms with Crippen LogP contribution in [0.1, 0.15) is 31.1 Å². The van der Waals surface area contributed by atoms with Gasteiger partial charge in [-0.15, -0.1) is 0 Å². The highest BCUT2D eigenvalue weighted by atomic mass is 16.7. The number of carbonyl (C=O) groups is 2. The number of hydrogen-bond acceptors (Lipinski definition) is 5. The molecule has 0 radical (unpaired) electrons. The minimum Gasteiger partial charge on any atom is -0.454 e. The van der Waals surface area contributed by atoms with Crippen LogP contribution in [-0.2, 0) is 4.79 Å². The molecular formula is C23H27N3O4. The molecule has 1 N–H and O–H groups in total. The van der Waals surface area contributed by atoms with E-state index in [1.54, 1.807) is 18.2 Å². The Morgan fingerprint density at radius 3 is 2.23 bits per heavy atom. The molecule has 0 bridgehead atoms. The van der Waals surface area contributed by atoms with Crippen molar-refractivity contribution in [2.24, 2.45) is 5.41 Å². The molecule has 7 heteroatoms. The van der Waals surface area contributed by atoms with Crippen LogP contribution in [0.5, 0.6) is 11.5 Å². The lowest BCUT2D eigenvalue weighted by molar-refractivity contribution is -0.139. The molecule has 0 spiro atoms. The number of ether oxygens (including phenoxy) is 2. The largest absolute Gasteiger partial charge is 0.454 e. The van der Waals surface area contributed by atoms with Gasteiger partial charge in [-0.05, 0) is 42.5 Å². The Labute approximate surface area is 176 Å². The van der Waals surface area contributed by atoms with E-state index in [0.717, 1.165) is 37.6 Å². The van der Waals surface area contributed by atoms with E-state index in [9.17, 15) is 9.59 Å². The molecule has 0 aliphatic carbocycles. The number of anilines is 2. The van der Waals surface area contributed by atoms with Crippen molar-refractivity contribution < 1.29 is 19.1 Å². The van der Waals surface area contributed by atoms with Crippen molar-refractivity contribution in [3.8, 4) is 11.5 Å². The summed E-state index contributed by atoms with van der Waals surface area (Å²) in [5, 5.41) is 2.91. The number of nitrogens with one attached hydrogen (secondary N) is 1. The SMILES string of the molecule is CC(C)(C)C(=O)N1CCN(c2ccc(NC(=O)c3ccc4c(c3)OCO4)cc2)CC1. The minimum absolute atomic E-state index is 0.181. The third-order valence-corrected chi connectivity index (χ3v) is 5.33. The molecule has 7 nitrogen and oxygen atoms in total. The molecule has 4 rings (SSSR count). The Morgan fingerprint density at radius 1 is 0.900 bits per heavy atom. The van der Waals surface area contributed by atoms with Gasteiger partial charge in [0.15, 0.2) is 11.5 Å². The molecule has 1 saturated heterocycles. The molecule has 2 aliphatic heterocycles. The second-order valence-electron chi connectivity index (χ2n) is 8.60. The van der Waals surface area contributed by atoms with Gasteiger partial charge in [0.2, 0.25) is 12.7 Å². The fraction of sp³-hybridized carbons (Fsp3) is 0.391. The van der Waals surface area contributed by atoms with Gasteiger partial charge >= 0.3 is 0 Å². The van der Waals surface area contributed by atoms with Crippen molar-refractivity contribution in [2.45, 2.75) is 20.8 Å². The summed E-state index contributed by atoms with van der Waals surface area (Å²) < 4.78 is 10.6. The fourth-order valence-corrected chi connectivity index (χ4v) is 3.64. The maximum Gasteiger partial charge on any atom is 0.255 e. The number of amides is 2. The van der Waals surface area contributed by atoms with Crippen molar-refractivity contribution in [1.29, 1.82) is 0 Å². The number of hydrogen-bond donors (Lipinski definition) is 1. The minimum atomic E-state index is -0.347. The summed E-state index contributed by atoms with van der Waals surface area (Å²) >= 11 is 0. The van der Waals surface area contributed by atoms with Gasteiger partial charge < -0.3 is 24.6 Å². The smallest absolute Gasteiger partial charge is 0.255 e. The summed E-state index contributed by atoms with van der Waals surface area (Å²) in [5.74, 6) is 1.24. The average molecular weight is 409 g/mol. The summed E-state index contributed by atoms with van der Waals surface area (Å²) in [5.41, 5.74) is 1.98. The Balaban J connectivity index is 1.34. The van der Waals surface area contributed by atoms with Gasteiger partial charge in [-0.25, -0.2) is 0 Å². The highest BCUT2D eigenvalue weighted by molar-refractivity contribution is 6.04. The maximum absolute atomic E-state index is 12.5. The lowest BCUT2D eigenvalue weighted by Crippen LogP contribution is -2.51. The first-order valence-electron chi connectivity index (χ1n) is 10.2. The Hall–Kier alpha value is -3.22. The van der Waals surface area contributed by atoms with Gasteiger partial charge in [0.05, 0.1) is 0 Å². The van der Waals surface area contributed by atoms with Gasteiger partial charge in [0.25, 0.3) is 5.91 Å². The fourth-order valence-electron chi connectivity index (χ4n) is 3.64. The molecule has 0 saturated carbocycles. The van der Waals surface area contributed by atoms with Crippen molar-refractivity contribution >= 4 is 23.2 Å². The van der Waals surface area contributed by atoms with Gasteiger partial charge in [-0.3, -0.25) is 9.59 Å². The molecule has 0 aromatic heterocycles. The van der Waals surface area contributed by atoms with Crippen LogP contribution >= 0.6 is 0 Å². The lowest BCUT2D eigenvalue weighted by Gasteiger charge is -2.38. The monoisotopic (exact) mass is 409 g/mol. The van der Waals surface area contributed by atoms with E-state index in [1.165, 1.54) is 0 Å². The van der Waals surface area contributed by atoms with Crippen molar-refractivity contribution in [2.75, 3.05) is 43.2 Å². The second kappa shape index (κ2) is 7.89. The van der Waals surface area contributed by atoms with Crippen LogP contribution in [0.3, 0.4) is 0 Å². The zero-order valence-corrected chi connectivity index (χ0v) is 17.6. The van der Waals surface area contributed by atoms with Gasteiger partial charge in [0.1, 0.15) is 0 Å². The molecule has 2 heterocycles. The first-order valence-corrected chi connectivity index (χ1v) is 10.2. The summed E-state index contributed by atoms with van der Waals surface area (Å²) in [7, 11) is 0. The first kappa shape index (κ1) is 20.1. The van der Waals surface area contributed by atoms with Crippen molar-refractivity contribution in [3.63, 3.8) is 0 Å². The number of rotatable bonds is 3. The van der Waals surface area contributed by atoms with E-state index in [1.807, 2.05) is 49.9 Å². The summed E-state index contributed by atoms with van der Waals surface area (Å²) in [4.78, 5) is 29.2. The topological polar surface area (TPSA) is 71.1 Å². The Bertz CT molecular complexity index is 942. The maximum atomic E-state index is 12.5. The molecule has 0 atom stereocenters. The normalized spacial score (nSPS) is 15.8. The third kappa shape index (κ3) is 4.20. The highest BCUT2D eigenvalue weighted by Crippen LogP contribution is 2.32. The first-order chi connectivity index (χ1) is 14.3. The zero-order valence-electron chi connectivity index (χ0n) is 17.6. The quantitative estimate of drug-likeness (QED) is 0.842. The van der Waals surface area contributed by atoms with Crippen molar-refractivity contribution in [1.82, 2.24) is 4.90 Å². The molecule has 2 aromatic carbocycles. The van der Waals surface area contributed by atoms with Gasteiger partial charge in [-0.2, -0.15) is 0 Å².